The van der Waals surface area contributed by atoms with Crippen molar-refractivity contribution in [1.29, 1.82) is 0 Å². The van der Waals surface area contributed by atoms with E-state index < -0.39 is 6.10 Å². The van der Waals surface area contributed by atoms with Gasteiger partial charge >= 0.3 is 0 Å². The Labute approximate surface area is 121 Å². The van der Waals surface area contributed by atoms with Crippen molar-refractivity contribution >= 4 is 17.2 Å². The lowest BCUT2D eigenvalue weighted by molar-refractivity contribution is 0.0467. The summed E-state index contributed by atoms with van der Waals surface area (Å²) in [4.78, 5) is 21.8. The number of carbonyl (C=O) groups is 1. The van der Waals surface area contributed by atoms with Gasteiger partial charge in [0.25, 0.3) is 5.91 Å². The van der Waals surface area contributed by atoms with E-state index in [9.17, 15) is 9.90 Å². The van der Waals surface area contributed by atoms with Crippen LogP contribution in [0.2, 0.25) is 0 Å². The van der Waals surface area contributed by atoms with E-state index >= 15 is 0 Å². The molecule has 2 N–H and O–H groups in total. The lowest BCUT2D eigenvalue weighted by atomic mass is 9.90. The van der Waals surface area contributed by atoms with Crippen LogP contribution in [-0.4, -0.2) is 39.0 Å². The Morgan fingerprint density at radius 3 is 2.90 bits per heavy atom. The van der Waals surface area contributed by atoms with E-state index in [-0.39, 0.29) is 11.8 Å². The number of nitrogens with zero attached hydrogens (tertiary/aromatic N) is 2. The Balaban J connectivity index is 1.58. The van der Waals surface area contributed by atoms with Crippen LogP contribution in [0.5, 0.6) is 0 Å². The summed E-state index contributed by atoms with van der Waals surface area (Å²) in [6.45, 7) is 1.35. The Hall–Kier alpha value is -1.66. The third kappa shape index (κ3) is 2.62. The Kier molecular flexibility index (Phi) is 3.84. The molecule has 0 unspecified atom stereocenters. The minimum Gasteiger partial charge on any atom is -0.387 e. The second-order valence-electron chi connectivity index (χ2n) is 5.03. The smallest absolute Gasteiger partial charge is 0.289 e. The molecule has 1 aliphatic rings. The van der Waals surface area contributed by atoms with E-state index in [1.54, 1.807) is 28.6 Å². The van der Waals surface area contributed by atoms with Crippen LogP contribution >= 0.6 is 11.3 Å². The Morgan fingerprint density at radius 1 is 1.50 bits per heavy atom. The first kappa shape index (κ1) is 13.3. The number of likely N-dealkylation sites (tertiary alicyclic amines) is 1. The van der Waals surface area contributed by atoms with Gasteiger partial charge in [-0.25, -0.2) is 4.98 Å². The van der Waals surface area contributed by atoms with Gasteiger partial charge in [0, 0.05) is 30.4 Å². The average Bonchev–Trinajstić information content (AvgIpc) is 3.18. The molecule has 0 saturated carbocycles. The SMILES string of the molecule is O=C(c1ncc[nH]1)N1CCC([C@@H](O)c2cccs2)CC1. The molecule has 2 aromatic rings. The molecule has 1 fully saturated rings. The van der Waals surface area contributed by atoms with Gasteiger partial charge in [0.15, 0.2) is 5.82 Å². The van der Waals surface area contributed by atoms with Crippen LogP contribution in [0.15, 0.2) is 29.9 Å². The highest BCUT2D eigenvalue weighted by molar-refractivity contribution is 7.10. The van der Waals surface area contributed by atoms with Crippen LogP contribution in [0.25, 0.3) is 0 Å². The summed E-state index contributed by atoms with van der Waals surface area (Å²) in [5.41, 5.74) is 0. The summed E-state index contributed by atoms with van der Waals surface area (Å²) in [6.07, 6.45) is 4.48. The molecule has 1 amide bonds. The lowest BCUT2D eigenvalue weighted by Gasteiger charge is -2.33. The van der Waals surface area contributed by atoms with Crippen LogP contribution in [0, 0.1) is 5.92 Å². The minimum absolute atomic E-state index is 0.0564. The molecular formula is C14H17N3O2S. The quantitative estimate of drug-likeness (QED) is 0.909. The highest BCUT2D eigenvalue weighted by Gasteiger charge is 2.29. The summed E-state index contributed by atoms with van der Waals surface area (Å²) in [5, 5.41) is 12.3. The standard InChI is InChI=1S/C14H17N3O2S/c18-12(11-2-1-9-20-11)10-3-7-17(8-4-10)14(19)13-15-5-6-16-13/h1-2,5-6,9-10,12,18H,3-4,7-8H2,(H,15,16)/t12-/m1/s1. The van der Waals surface area contributed by atoms with Crippen molar-refractivity contribution < 1.29 is 9.90 Å². The molecule has 0 radical (unpaired) electrons. The number of aromatic nitrogens is 2. The number of nitrogens with one attached hydrogen (secondary N) is 1. The molecule has 1 aliphatic heterocycles. The second-order valence-corrected chi connectivity index (χ2v) is 6.01. The molecule has 2 aromatic heterocycles. The summed E-state index contributed by atoms with van der Waals surface area (Å²) in [6, 6.07) is 3.93. The van der Waals surface area contributed by atoms with Gasteiger partial charge in [-0.05, 0) is 30.2 Å². The van der Waals surface area contributed by atoms with E-state index in [1.807, 2.05) is 17.5 Å². The molecule has 6 heteroatoms. The van der Waals surface area contributed by atoms with Crippen LogP contribution in [0.1, 0.15) is 34.4 Å². The Bertz CT molecular complexity index is 545. The van der Waals surface area contributed by atoms with Crippen molar-refractivity contribution in [2.24, 2.45) is 5.92 Å². The van der Waals surface area contributed by atoms with Crippen molar-refractivity contribution in [1.82, 2.24) is 14.9 Å². The molecule has 1 atom stereocenters. The molecule has 1 saturated heterocycles. The van der Waals surface area contributed by atoms with Crippen LogP contribution in [0.4, 0.5) is 0 Å². The third-order valence-electron chi connectivity index (χ3n) is 3.81. The zero-order valence-corrected chi connectivity index (χ0v) is 11.8. The maximum absolute atomic E-state index is 12.1. The molecule has 20 heavy (non-hydrogen) atoms. The first-order chi connectivity index (χ1) is 9.75. The van der Waals surface area contributed by atoms with Gasteiger partial charge < -0.3 is 15.0 Å². The molecule has 0 spiro atoms. The number of rotatable bonds is 3. The summed E-state index contributed by atoms with van der Waals surface area (Å²) in [7, 11) is 0. The molecule has 106 valence electrons. The normalized spacial score (nSPS) is 18.1. The van der Waals surface area contributed by atoms with Crippen molar-refractivity contribution in [3.8, 4) is 0 Å². The monoisotopic (exact) mass is 291 g/mol. The first-order valence-electron chi connectivity index (χ1n) is 6.76. The fourth-order valence-electron chi connectivity index (χ4n) is 2.64. The van der Waals surface area contributed by atoms with Gasteiger partial charge in [-0.15, -0.1) is 11.3 Å². The minimum atomic E-state index is -0.407. The molecule has 3 heterocycles. The second kappa shape index (κ2) is 5.76. The maximum atomic E-state index is 12.1. The van der Waals surface area contributed by atoms with Crippen LogP contribution in [-0.2, 0) is 0 Å². The van der Waals surface area contributed by atoms with Gasteiger partial charge in [-0.2, -0.15) is 0 Å². The highest BCUT2D eigenvalue weighted by atomic mass is 32.1. The van der Waals surface area contributed by atoms with Crippen molar-refractivity contribution in [3.63, 3.8) is 0 Å². The number of imidazole rings is 1. The van der Waals surface area contributed by atoms with E-state index in [0.717, 1.165) is 17.7 Å². The van der Waals surface area contributed by atoms with E-state index in [1.165, 1.54) is 0 Å². The Morgan fingerprint density at radius 2 is 2.30 bits per heavy atom. The molecule has 5 nitrogen and oxygen atoms in total. The van der Waals surface area contributed by atoms with Gasteiger partial charge in [0.1, 0.15) is 0 Å². The van der Waals surface area contributed by atoms with E-state index in [4.69, 9.17) is 0 Å². The fourth-order valence-corrected chi connectivity index (χ4v) is 3.45. The maximum Gasteiger partial charge on any atom is 0.289 e. The van der Waals surface area contributed by atoms with Crippen molar-refractivity contribution in [3.05, 3.63) is 40.6 Å². The van der Waals surface area contributed by atoms with Crippen molar-refractivity contribution in [2.75, 3.05) is 13.1 Å². The number of thiophene rings is 1. The van der Waals surface area contributed by atoms with Crippen molar-refractivity contribution in [2.45, 2.75) is 18.9 Å². The number of aromatic amines is 1. The van der Waals surface area contributed by atoms with Gasteiger partial charge in [-0.3, -0.25) is 4.79 Å². The van der Waals surface area contributed by atoms with Gasteiger partial charge in [0.2, 0.25) is 0 Å². The number of hydrogen-bond acceptors (Lipinski definition) is 4. The zero-order chi connectivity index (χ0) is 13.9. The molecule has 0 aliphatic carbocycles. The number of carbonyl (C=O) groups excluding carboxylic acids is 1. The van der Waals surface area contributed by atoms with Crippen LogP contribution in [0.3, 0.4) is 0 Å². The number of H-pyrrole nitrogens is 1. The van der Waals surface area contributed by atoms with Gasteiger partial charge in [-0.1, -0.05) is 6.07 Å². The number of aliphatic hydroxyl groups excluding tert-OH is 1. The average molecular weight is 291 g/mol. The number of piperidine rings is 1. The number of amides is 1. The largest absolute Gasteiger partial charge is 0.387 e. The van der Waals surface area contributed by atoms with Crippen LogP contribution < -0.4 is 0 Å². The third-order valence-corrected chi connectivity index (χ3v) is 4.75. The number of aliphatic hydroxyl groups is 1. The molecule has 0 bridgehead atoms. The topological polar surface area (TPSA) is 69.2 Å². The summed E-state index contributed by atoms with van der Waals surface area (Å²) in [5.74, 6) is 0.565. The molecule has 0 aromatic carbocycles. The zero-order valence-electron chi connectivity index (χ0n) is 11.0. The van der Waals surface area contributed by atoms with Gasteiger partial charge in [0.05, 0.1) is 6.10 Å². The molecule has 3 rings (SSSR count). The fraction of sp³-hybridized carbons (Fsp3) is 0.429. The predicted molar refractivity (Wildman–Crippen MR) is 76.5 cm³/mol. The highest BCUT2D eigenvalue weighted by Crippen LogP contribution is 2.33. The predicted octanol–water partition coefficient (Wildman–Crippen LogP) is 2.06. The molecular weight excluding hydrogens is 274 g/mol. The number of hydrogen-bond donors (Lipinski definition) is 2. The van der Waals surface area contributed by atoms with E-state index in [2.05, 4.69) is 9.97 Å². The van der Waals surface area contributed by atoms with E-state index in [0.29, 0.717) is 18.9 Å². The lowest BCUT2D eigenvalue weighted by Crippen LogP contribution is -2.40. The summed E-state index contributed by atoms with van der Waals surface area (Å²) >= 11 is 1.58. The first-order valence-corrected chi connectivity index (χ1v) is 7.64. The summed E-state index contributed by atoms with van der Waals surface area (Å²) < 4.78 is 0.